The average Bonchev–Trinajstić information content (AvgIpc) is 2.65. The molecule has 0 saturated carbocycles. The first-order valence-electron chi connectivity index (χ1n) is 8.51. The number of aryl methyl sites for hydroxylation is 2. The van der Waals surface area contributed by atoms with Crippen LogP contribution < -0.4 is 10.4 Å². The Bertz CT molecular complexity index is 1110. The Morgan fingerprint density at radius 2 is 1.71 bits per heavy atom. The van der Waals surface area contributed by atoms with Crippen LogP contribution in [-0.2, 0) is 16.0 Å². The van der Waals surface area contributed by atoms with Gasteiger partial charge in [0.25, 0.3) is 0 Å². The molecular formula is C21H18O7. The summed E-state index contributed by atoms with van der Waals surface area (Å²) in [7, 11) is 0. The molecule has 7 heteroatoms. The summed E-state index contributed by atoms with van der Waals surface area (Å²) in [6.45, 7) is 3.31. The Morgan fingerprint density at radius 1 is 1.04 bits per heavy atom. The van der Waals surface area contributed by atoms with Crippen molar-refractivity contribution in [2.24, 2.45) is 0 Å². The summed E-state index contributed by atoms with van der Waals surface area (Å²) in [6, 6.07) is 11.7. The van der Waals surface area contributed by atoms with Crippen LogP contribution in [0.15, 0.2) is 51.7 Å². The summed E-state index contributed by atoms with van der Waals surface area (Å²) in [6.07, 6.45) is -1.66. The van der Waals surface area contributed by atoms with Gasteiger partial charge >= 0.3 is 17.6 Å². The van der Waals surface area contributed by atoms with Crippen LogP contribution in [0.5, 0.6) is 5.75 Å². The van der Waals surface area contributed by atoms with Crippen LogP contribution in [0.25, 0.3) is 11.0 Å². The van der Waals surface area contributed by atoms with Gasteiger partial charge in [0.2, 0.25) is 6.10 Å². The predicted molar refractivity (Wildman–Crippen MR) is 101 cm³/mol. The van der Waals surface area contributed by atoms with E-state index in [0.717, 1.165) is 0 Å². The number of benzene rings is 2. The first-order valence-corrected chi connectivity index (χ1v) is 8.51. The van der Waals surface area contributed by atoms with E-state index in [0.29, 0.717) is 22.1 Å². The molecule has 0 radical (unpaired) electrons. The van der Waals surface area contributed by atoms with Gasteiger partial charge in [-0.3, -0.25) is 4.79 Å². The van der Waals surface area contributed by atoms with Crippen molar-refractivity contribution < 1.29 is 29.0 Å². The molecule has 0 amide bonds. The molecule has 2 N–H and O–H groups in total. The molecule has 1 unspecified atom stereocenters. The lowest BCUT2D eigenvalue weighted by Gasteiger charge is -2.18. The van der Waals surface area contributed by atoms with Gasteiger partial charge in [-0.1, -0.05) is 30.3 Å². The first kappa shape index (κ1) is 19.2. The van der Waals surface area contributed by atoms with Crippen LogP contribution in [0.4, 0.5) is 0 Å². The lowest BCUT2D eigenvalue weighted by atomic mass is 10.0. The second-order valence-electron chi connectivity index (χ2n) is 6.38. The molecule has 7 nitrogen and oxygen atoms in total. The van der Waals surface area contributed by atoms with Gasteiger partial charge in [0.05, 0.1) is 12.0 Å². The number of hydrogen-bond acceptors (Lipinski definition) is 5. The van der Waals surface area contributed by atoms with Crippen molar-refractivity contribution in [2.45, 2.75) is 26.4 Å². The zero-order valence-corrected chi connectivity index (χ0v) is 15.3. The summed E-state index contributed by atoms with van der Waals surface area (Å²) in [5.74, 6) is -2.02. The molecule has 1 heterocycles. The maximum atomic E-state index is 12.2. The number of hydrogen-bond donors (Lipinski definition) is 2. The van der Waals surface area contributed by atoms with Crippen LogP contribution in [0, 0.1) is 13.8 Å². The Kier molecular flexibility index (Phi) is 5.17. The van der Waals surface area contributed by atoms with E-state index >= 15 is 0 Å². The van der Waals surface area contributed by atoms with Crippen LogP contribution >= 0.6 is 0 Å². The Morgan fingerprint density at radius 3 is 2.32 bits per heavy atom. The molecule has 28 heavy (non-hydrogen) atoms. The number of carbonyl (C=O) groups is 2. The topological polar surface area (TPSA) is 114 Å². The smallest absolute Gasteiger partial charge is 0.349 e. The molecule has 1 aromatic heterocycles. The van der Waals surface area contributed by atoms with Crippen molar-refractivity contribution in [3.05, 3.63) is 75.1 Å². The van der Waals surface area contributed by atoms with Gasteiger partial charge in [-0.15, -0.1) is 0 Å². The molecule has 144 valence electrons. The minimum Gasteiger partial charge on any atom is -0.481 e. The fourth-order valence-electron chi connectivity index (χ4n) is 3.07. The molecule has 0 aliphatic heterocycles. The first-order chi connectivity index (χ1) is 13.3. The molecular weight excluding hydrogens is 364 g/mol. The average molecular weight is 382 g/mol. The summed E-state index contributed by atoms with van der Waals surface area (Å²) in [5.41, 5.74) is 1.05. The van der Waals surface area contributed by atoms with Crippen molar-refractivity contribution >= 4 is 22.9 Å². The summed E-state index contributed by atoms with van der Waals surface area (Å²) in [4.78, 5) is 34.9. The van der Waals surface area contributed by atoms with Crippen molar-refractivity contribution in [1.29, 1.82) is 0 Å². The fourth-order valence-corrected chi connectivity index (χ4v) is 3.07. The highest BCUT2D eigenvalue weighted by Crippen LogP contribution is 2.32. The lowest BCUT2D eigenvalue weighted by molar-refractivity contribution is -0.145. The third-order valence-corrected chi connectivity index (χ3v) is 4.55. The van der Waals surface area contributed by atoms with E-state index in [1.165, 1.54) is 0 Å². The number of carboxylic acids is 2. The number of fused-ring (bicyclic) bond motifs is 1. The standard InChI is InChI=1S/C21H18O7/c1-11-14-8-9-16(27-19(20(24)25)13-6-4-3-5-7-13)12(2)18(14)28-21(26)15(11)10-17(22)23/h3-9,19H,10H2,1-2H3,(H,22,23)(H,24,25). The lowest BCUT2D eigenvalue weighted by Crippen LogP contribution is -2.19. The molecule has 0 bridgehead atoms. The van der Waals surface area contributed by atoms with E-state index in [-0.39, 0.29) is 16.9 Å². The molecule has 0 spiro atoms. The molecule has 0 fully saturated rings. The second kappa shape index (κ2) is 7.56. The number of aliphatic carboxylic acids is 2. The maximum absolute atomic E-state index is 12.2. The van der Waals surface area contributed by atoms with Gasteiger partial charge in [0.15, 0.2) is 0 Å². The van der Waals surface area contributed by atoms with E-state index in [1.54, 1.807) is 56.3 Å². The largest absolute Gasteiger partial charge is 0.481 e. The number of ether oxygens (including phenoxy) is 1. The Hall–Kier alpha value is -3.61. The Balaban J connectivity index is 2.08. The van der Waals surface area contributed by atoms with Crippen LogP contribution in [-0.4, -0.2) is 22.2 Å². The van der Waals surface area contributed by atoms with Crippen molar-refractivity contribution in [3.63, 3.8) is 0 Å². The van der Waals surface area contributed by atoms with Crippen LogP contribution in [0.3, 0.4) is 0 Å². The highest BCUT2D eigenvalue weighted by atomic mass is 16.5. The van der Waals surface area contributed by atoms with Gasteiger partial charge in [-0.2, -0.15) is 0 Å². The van der Waals surface area contributed by atoms with Gasteiger partial charge in [0.1, 0.15) is 11.3 Å². The number of carboxylic acid groups (broad SMARTS) is 2. The predicted octanol–water partition coefficient (Wildman–Crippen LogP) is 3.24. The highest BCUT2D eigenvalue weighted by Gasteiger charge is 2.24. The van der Waals surface area contributed by atoms with E-state index in [2.05, 4.69) is 0 Å². The van der Waals surface area contributed by atoms with Gasteiger partial charge in [-0.05, 0) is 31.5 Å². The van der Waals surface area contributed by atoms with Crippen LogP contribution in [0.2, 0.25) is 0 Å². The normalized spacial score (nSPS) is 11.9. The van der Waals surface area contributed by atoms with E-state index in [9.17, 15) is 19.5 Å². The Labute approximate surface area is 159 Å². The van der Waals surface area contributed by atoms with Crippen molar-refractivity contribution in [3.8, 4) is 5.75 Å². The second-order valence-corrected chi connectivity index (χ2v) is 6.38. The number of rotatable bonds is 6. The molecule has 0 aliphatic carbocycles. The SMILES string of the molecule is Cc1c(CC(=O)O)c(=O)oc2c(C)c(OC(C(=O)O)c3ccccc3)ccc12. The third kappa shape index (κ3) is 3.59. The highest BCUT2D eigenvalue weighted by molar-refractivity contribution is 5.87. The molecule has 0 aliphatic rings. The summed E-state index contributed by atoms with van der Waals surface area (Å²) < 4.78 is 11.1. The minimum atomic E-state index is -1.23. The van der Waals surface area contributed by atoms with Crippen molar-refractivity contribution in [1.82, 2.24) is 0 Å². The molecule has 2 aromatic carbocycles. The monoisotopic (exact) mass is 382 g/mol. The zero-order valence-electron chi connectivity index (χ0n) is 15.3. The zero-order chi connectivity index (χ0) is 20.4. The van der Waals surface area contributed by atoms with E-state index in [1.807, 2.05) is 0 Å². The van der Waals surface area contributed by atoms with E-state index in [4.69, 9.17) is 14.3 Å². The summed E-state index contributed by atoms with van der Waals surface area (Å²) >= 11 is 0. The maximum Gasteiger partial charge on any atom is 0.349 e. The third-order valence-electron chi connectivity index (χ3n) is 4.55. The fraction of sp³-hybridized carbons (Fsp3) is 0.190. The molecule has 3 rings (SSSR count). The quantitative estimate of drug-likeness (QED) is 0.629. The molecule has 3 aromatic rings. The van der Waals surface area contributed by atoms with Crippen molar-refractivity contribution in [2.75, 3.05) is 0 Å². The van der Waals surface area contributed by atoms with E-state index < -0.39 is 30.1 Å². The summed E-state index contributed by atoms with van der Waals surface area (Å²) in [5, 5.41) is 19.1. The van der Waals surface area contributed by atoms with Gasteiger partial charge in [0, 0.05) is 16.5 Å². The van der Waals surface area contributed by atoms with Gasteiger partial charge < -0.3 is 19.4 Å². The van der Waals surface area contributed by atoms with Gasteiger partial charge in [-0.25, -0.2) is 9.59 Å². The molecule has 0 saturated heterocycles. The van der Waals surface area contributed by atoms with Crippen LogP contribution in [0.1, 0.15) is 28.4 Å². The minimum absolute atomic E-state index is 0.0840. The molecule has 1 atom stereocenters.